The minimum atomic E-state index is 0.122. The minimum absolute atomic E-state index is 0.122. The summed E-state index contributed by atoms with van der Waals surface area (Å²) in [4.78, 5) is 30.6. The van der Waals surface area contributed by atoms with Crippen molar-refractivity contribution in [3.05, 3.63) is 23.8 Å². The number of rotatable bonds is 9. The zero-order valence-electron chi connectivity index (χ0n) is 17.8. The van der Waals surface area contributed by atoms with Gasteiger partial charge in [0.15, 0.2) is 0 Å². The Kier molecular flexibility index (Phi) is 6.60. The molecule has 0 aromatic heterocycles. The largest absolute Gasteiger partial charge is 0.377 e. The van der Waals surface area contributed by atoms with Crippen LogP contribution in [0.4, 0.5) is 11.4 Å². The van der Waals surface area contributed by atoms with Gasteiger partial charge in [-0.3, -0.25) is 9.59 Å². The molecule has 0 bridgehead atoms. The third-order valence-corrected chi connectivity index (χ3v) is 5.79. The van der Waals surface area contributed by atoms with E-state index in [9.17, 15) is 9.59 Å². The van der Waals surface area contributed by atoms with E-state index >= 15 is 0 Å². The van der Waals surface area contributed by atoms with Crippen LogP contribution in [0.3, 0.4) is 0 Å². The van der Waals surface area contributed by atoms with Gasteiger partial charge < -0.3 is 20.0 Å². The summed E-state index contributed by atoms with van der Waals surface area (Å²) in [6.07, 6.45) is 5.16. The molecule has 3 rings (SSSR count). The van der Waals surface area contributed by atoms with Crippen LogP contribution < -0.4 is 15.1 Å². The van der Waals surface area contributed by atoms with Crippen molar-refractivity contribution in [3.8, 4) is 0 Å². The number of carbonyl (C=O) groups excluding carboxylic acids is 2. The average molecular weight is 388 g/mol. The second-order valence-corrected chi connectivity index (χ2v) is 8.85. The summed E-state index contributed by atoms with van der Waals surface area (Å²) < 4.78 is 0. The summed E-state index contributed by atoms with van der Waals surface area (Å²) >= 11 is 0. The Bertz CT molecular complexity index is 708. The molecule has 6 nitrogen and oxygen atoms in total. The van der Waals surface area contributed by atoms with E-state index in [0.717, 1.165) is 62.1 Å². The maximum atomic E-state index is 12.8. The molecule has 2 N–H and O–H groups in total. The first kappa shape index (κ1) is 20.6. The van der Waals surface area contributed by atoms with E-state index in [-0.39, 0.29) is 23.7 Å². The zero-order valence-corrected chi connectivity index (χ0v) is 17.8. The second-order valence-electron chi connectivity index (χ2n) is 8.85. The van der Waals surface area contributed by atoms with Gasteiger partial charge in [0, 0.05) is 43.9 Å². The number of amides is 2. The van der Waals surface area contributed by atoms with Crippen LogP contribution in [0, 0.1) is 11.8 Å². The Labute approximate surface area is 168 Å². The summed E-state index contributed by atoms with van der Waals surface area (Å²) in [5, 5.41) is 3.07. The number of likely N-dealkylation sites (N-methyl/N-ethyl adjacent to an activating group) is 1. The van der Waals surface area contributed by atoms with Gasteiger partial charge in [-0.2, -0.15) is 0 Å². The maximum Gasteiger partial charge on any atom is 0.227 e. The molecule has 0 saturated heterocycles. The number of nitrogens with zero attached hydrogens (tertiary/aromatic N) is 2. The summed E-state index contributed by atoms with van der Waals surface area (Å²) in [5.41, 5.74) is 3.00. The molecule has 1 aromatic rings. The average Bonchev–Trinajstić information content (AvgIpc) is 3.41. The van der Waals surface area contributed by atoms with Crippen molar-refractivity contribution in [3.63, 3.8) is 0 Å². The first-order chi connectivity index (χ1) is 13.3. The third kappa shape index (κ3) is 5.25. The SMILES string of the molecule is CN(C)c1ccc(NC(=O)C2CCC2)cc1CN(CC[NH+](C)C)C(=O)C1CC1. The predicted molar refractivity (Wildman–Crippen MR) is 113 cm³/mol. The lowest BCUT2D eigenvalue weighted by atomic mass is 9.85. The molecule has 0 radical (unpaired) electrons. The molecule has 1 aromatic carbocycles. The first-order valence-electron chi connectivity index (χ1n) is 10.5. The van der Waals surface area contributed by atoms with Gasteiger partial charge in [-0.15, -0.1) is 0 Å². The highest BCUT2D eigenvalue weighted by molar-refractivity contribution is 5.93. The van der Waals surface area contributed by atoms with Gasteiger partial charge in [-0.25, -0.2) is 0 Å². The molecule has 0 unspecified atom stereocenters. The van der Waals surface area contributed by atoms with Gasteiger partial charge in [0.25, 0.3) is 0 Å². The molecular formula is C22H35N4O2+. The van der Waals surface area contributed by atoms with E-state index in [1.165, 1.54) is 4.90 Å². The van der Waals surface area contributed by atoms with E-state index in [0.29, 0.717) is 6.54 Å². The van der Waals surface area contributed by atoms with Crippen molar-refractivity contribution >= 4 is 23.2 Å². The Morgan fingerprint density at radius 1 is 1.11 bits per heavy atom. The van der Waals surface area contributed by atoms with Crippen LogP contribution in [0.2, 0.25) is 0 Å². The summed E-state index contributed by atoms with van der Waals surface area (Å²) in [6, 6.07) is 6.05. The molecule has 0 aliphatic heterocycles. The van der Waals surface area contributed by atoms with Crippen molar-refractivity contribution in [1.29, 1.82) is 0 Å². The molecule has 2 aliphatic carbocycles. The lowest BCUT2D eigenvalue weighted by molar-refractivity contribution is -0.857. The quantitative estimate of drug-likeness (QED) is 0.673. The number of anilines is 2. The Hall–Kier alpha value is -2.08. The molecule has 2 aliphatic rings. The van der Waals surface area contributed by atoms with Crippen LogP contribution in [0.1, 0.15) is 37.7 Å². The number of nitrogens with one attached hydrogen (secondary N) is 2. The van der Waals surface area contributed by atoms with E-state index in [2.05, 4.69) is 24.3 Å². The normalized spacial score (nSPS) is 16.6. The van der Waals surface area contributed by atoms with E-state index in [1.807, 2.05) is 37.2 Å². The molecule has 2 saturated carbocycles. The van der Waals surface area contributed by atoms with Crippen LogP contribution in [0.15, 0.2) is 18.2 Å². The number of carbonyl (C=O) groups is 2. The molecule has 0 heterocycles. The monoisotopic (exact) mass is 387 g/mol. The molecule has 2 amide bonds. The highest BCUT2D eigenvalue weighted by Crippen LogP contribution is 2.33. The third-order valence-electron chi connectivity index (χ3n) is 5.79. The van der Waals surface area contributed by atoms with Crippen LogP contribution >= 0.6 is 0 Å². The van der Waals surface area contributed by atoms with Gasteiger partial charge in [0.2, 0.25) is 11.8 Å². The summed E-state index contributed by atoms with van der Waals surface area (Å²) in [6.45, 7) is 2.26. The number of quaternary nitrogens is 1. The predicted octanol–water partition coefficient (Wildman–Crippen LogP) is 1.37. The highest BCUT2D eigenvalue weighted by atomic mass is 16.2. The fourth-order valence-corrected chi connectivity index (χ4v) is 3.56. The first-order valence-corrected chi connectivity index (χ1v) is 10.5. The Morgan fingerprint density at radius 2 is 1.82 bits per heavy atom. The van der Waals surface area contributed by atoms with Crippen molar-refractivity contribution < 1.29 is 14.5 Å². The van der Waals surface area contributed by atoms with E-state index in [1.54, 1.807) is 0 Å². The van der Waals surface area contributed by atoms with E-state index < -0.39 is 0 Å². The maximum absolute atomic E-state index is 12.8. The number of hydrogen-bond acceptors (Lipinski definition) is 3. The van der Waals surface area contributed by atoms with Gasteiger partial charge in [0.1, 0.15) is 0 Å². The standard InChI is InChI=1S/C22H34N4O2/c1-24(2)12-13-26(22(28)17-8-9-17)15-18-14-19(10-11-20(18)25(3)4)23-21(27)16-6-5-7-16/h10-11,14,16-17H,5-9,12-13,15H2,1-4H3,(H,23,27)/p+1. The second kappa shape index (κ2) is 8.95. The Morgan fingerprint density at radius 3 is 2.36 bits per heavy atom. The van der Waals surface area contributed by atoms with Crippen molar-refractivity contribution in [2.45, 2.75) is 38.6 Å². The smallest absolute Gasteiger partial charge is 0.227 e. The molecule has 6 heteroatoms. The number of benzene rings is 1. The van der Waals surface area contributed by atoms with Crippen LogP contribution in [-0.4, -0.2) is 58.0 Å². The molecular weight excluding hydrogens is 352 g/mol. The molecule has 28 heavy (non-hydrogen) atoms. The molecule has 0 atom stereocenters. The van der Waals surface area contributed by atoms with Gasteiger partial charge in [0.05, 0.1) is 27.2 Å². The van der Waals surface area contributed by atoms with Crippen molar-refractivity contribution in [2.75, 3.05) is 51.5 Å². The lowest BCUT2D eigenvalue weighted by Crippen LogP contribution is -3.06. The number of hydrogen-bond donors (Lipinski definition) is 2. The van der Waals surface area contributed by atoms with Crippen LogP contribution in [0.5, 0.6) is 0 Å². The Balaban J connectivity index is 1.78. The minimum Gasteiger partial charge on any atom is -0.377 e. The van der Waals surface area contributed by atoms with Crippen molar-refractivity contribution in [1.82, 2.24) is 4.90 Å². The van der Waals surface area contributed by atoms with Gasteiger partial charge in [-0.05, 0) is 49.4 Å². The van der Waals surface area contributed by atoms with Crippen molar-refractivity contribution in [2.24, 2.45) is 11.8 Å². The molecule has 0 spiro atoms. The van der Waals surface area contributed by atoms with Gasteiger partial charge in [-0.1, -0.05) is 6.42 Å². The van der Waals surface area contributed by atoms with Crippen LogP contribution in [-0.2, 0) is 16.1 Å². The highest BCUT2D eigenvalue weighted by Gasteiger charge is 2.34. The van der Waals surface area contributed by atoms with Crippen LogP contribution in [0.25, 0.3) is 0 Å². The molecule has 154 valence electrons. The fraction of sp³-hybridized carbons (Fsp3) is 0.636. The lowest BCUT2D eigenvalue weighted by Gasteiger charge is -2.27. The van der Waals surface area contributed by atoms with Gasteiger partial charge >= 0.3 is 0 Å². The summed E-state index contributed by atoms with van der Waals surface area (Å²) in [5.74, 6) is 0.765. The summed E-state index contributed by atoms with van der Waals surface area (Å²) in [7, 11) is 8.26. The molecule has 2 fully saturated rings. The van der Waals surface area contributed by atoms with E-state index in [4.69, 9.17) is 0 Å². The fourth-order valence-electron chi connectivity index (χ4n) is 3.56. The topological polar surface area (TPSA) is 57.1 Å². The zero-order chi connectivity index (χ0) is 20.3.